The van der Waals surface area contributed by atoms with Crippen LogP contribution in [-0.4, -0.2) is 16.4 Å². The fourth-order valence-electron chi connectivity index (χ4n) is 2.05. The number of nitrogens with zero attached hydrogens (tertiary/aromatic N) is 2. The van der Waals surface area contributed by atoms with Gasteiger partial charge in [-0.2, -0.15) is 0 Å². The van der Waals surface area contributed by atoms with Gasteiger partial charge in [0.1, 0.15) is 0 Å². The molecule has 0 bridgehead atoms. The molecule has 2 heteroatoms. The van der Waals surface area contributed by atoms with Crippen LogP contribution in [0.5, 0.6) is 0 Å². The number of rotatable bonds is 5. The van der Waals surface area contributed by atoms with Crippen LogP contribution in [0.2, 0.25) is 0 Å². The lowest BCUT2D eigenvalue weighted by Crippen LogP contribution is -2.22. The van der Waals surface area contributed by atoms with Crippen molar-refractivity contribution in [3.63, 3.8) is 0 Å². The number of aryl methyl sites for hydroxylation is 1. The Balaban J connectivity index is 2.04. The highest BCUT2D eigenvalue weighted by atomic mass is 15.1. The predicted molar refractivity (Wildman–Crippen MR) is 75.2 cm³/mol. The molecule has 1 heterocycles. The molecule has 0 fully saturated rings. The van der Waals surface area contributed by atoms with Gasteiger partial charge in [0.2, 0.25) is 0 Å². The number of hydrogen-bond acceptors (Lipinski definition) is 2. The van der Waals surface area contributed by atoms with Gasteiger partial charge in [0.25, 0.3) is 0 Å². The van der Waals surface area contributed by atoms with Crippen molar-refractivity contribution in [2.24, 2.45) is 0 Å². The molecule has 0 saturated carbocycles. The molecule has 0 aliphatic heterocycles. The minimum atomic E-state index is 0.980. The van der Waals surface area contributed by atoms with Gasteiger partial charge in [-0.15, -0.1) is 0 Å². The van der Waals surface area contributed by atoms with Crippen molar-refractivity contribution in [1.29, 1.82) is 0 Å². The standard InChI is InChI=1S/C16H20N2/c1-3-18(12-15-8-10-17-11-9-15)13-16-7-5-4-6-14(16)2/h4-11H,3,12-13H2,1-2H3. The maximum absolute atomic E-state index is 4.06. The third-order valence-corrected chi connectivity index (χ3v) is 3.26. The number of hydrogen-bond donors (Lipinski definition) is 0. The Morgan fingerprint density at radius 2 is 1.72 bits per heavy atom. The van der Waals surface area contributed by atoms with Crippen molar-refractivity contribution in [3.05, 3.63) is 65.5 Å². The highest BCUT2D eigenvalue weighted by Crippen LogP contribution is 2.12. The largest absolute Gasteiger partial charge is 0.295 e. The molecular formula is C16H20N2. The first kappa shape index (κ1) is 12.8. The summed E-state index contributed by atoms with van der Waals surface area (Å²) in [6.45, 7) is 7.42. The zero-order valence-electron chi connectivity index (χ0n) is 11.1. The molecule has 0 atom stereocenters. The summed E-state index contributed by atoms with van der Waals surface area (Å²) in [6, 6.07) is 12.8. The fourth-order valence-corrected chi connectivity index (χ4v) is 2.05. The topological polar surface area (TPSA) is 16.1 Å². The van der Waals surface area contributed by atoms with Crippen LogP contribution in [0, 0.1) is 6.92 Å². The maximum Gasteiger partial charge on any atom is 0.0271 e. The minimum Gasteiger partial charge on any atom is -0.295 e. The third-order valence-electron chi connectivity index (χ3n) is 3.26. The summed E-state index contributed by atoms with van der Waals surface area (Å²) in [5.74, 6) is 0. The molecular weight excluding hydrogens is 220 g/mol. The molecule has 94 valence electrons. The first-order chi connectivity index (χ1) is 8.79. The second-order valence-electron chi connectivity index (χ2n) is 4.59. The highest BCUT2D eigenvalue weighted by Gasteiger charge is 2.06. The Labute approximate surface area is 109 Å². The van der Waals surface area contributed by atoms with E-state index in [2.05, 4.69) is 60.1 Å². The normalized spacial score (nSPS) is 10.8. The number of aromatic nitrogens is 1. The molecule has 0 saturated heterocycles. The SMILES string of the molecule is CCN(Cc1ccncc1)Cc1ccccc1C. The molecule has 2 aromatic rings. The van der Waals surface area contributed by atoms with Crippen LogP contribution in [0.3, 0.4) is 0 Å². The fraction of sp³-hybridized carbons (Fsp3) is 0.312. The van der Waals surface area contributed by atoms with E-state index in [1.807, 2.05) is 12.4 Å². The molecule has 0 aliphatic rings. The Morgan fingerprint density at radius 3 is 2.39 bits per heavy atom. The predicted octanol–water partition coefficient (Wildman–Crippen LogP) is 3.41. The summed E-state index contributed by atoms with van der Waals surface area (Å²) in [4.78, 5) is 6.50. The van der Waals surface area contributed by atoms with E-state index < -0.39 is 0 Å². The van der Waals surface area contributed by atoms with Gasteiger partial charge in [0, 0.05) is 25.5 Å². The van der Waals surface area contributed by atoms with Gasteiger partial charge in [-0.3, -0.25) is 9.88 Å². The van der Waals surface area contributed by atoms with E-state index in [1.54, 1.807) is 0 Å². The summed E-state index contributed by atoms with van der Waals surface area (Å²) in [6.07, 6.45) is 3.72. The maximum atomic E-state index is 4.06. The highest BCUT2D eigenvalue weighted by molar-refractivity contribution is 5.25. The lowest BCUT2D eigenvalue weighted by molar-refractivity contribution is 0.271. The van der Waals surface area contributed by atoms with E-state index in [4.69, 9.17) is 0 Å². The van der Waals surface area contributed by atoms with Crippen molar-refractivity contribution < 1.29 is 0 Å². The van der Waals surface area contributed by atoms with Gasteiger partial charge in [0.05, 0.1) is 0 Å². The Bertz CT molecular complexity index is 479. The molecule has 0 aliphatic carbocycles. The Kier molecular flexibility index (Phi) is 4.48. The van der Waals surface area contributed by atoms with Crippen molar-refractivity contribution in [3.8, 4) is 0 Å². The zero-order valence-corrected chi connectivity index (χ0v) is 11.1. The van der Waals surface area contributed by atoms with E-state index in [9.17, 15) is 0 Å². The van der Waals surface area contributed by atoms with Crippen LogP contribution in [0.4, 0.5) is 0 Å². The van der Waals surface area contributed by atoms with Crippen LogP contribution < -0.4 is 0 Å². The van der Waals surface area contributed by atoms with Crippen LogP contribution in [0.25, 0.3) is 0 Å². The monoisotopic (exact) mass is 240 g/mol. The van der Waals surface area contributed by atoms with E-state index >= 15 is 0 Å². The molecule has 18 heavy (non-hydrogen) atoms. The lowest BCUT2D eigenvalue weighted by atomic mass is 10.1. The van der Waals surface area contributed by atoms with Gasteiger partial charge < -0.3 is 0 Å². The van der Waals surface area contributed by atoms with Crippen molar-refractivity contribution in [2.45, 2.75) is 26.9 Å². The van der Waals surface area contributed by atoms with Crippen molar-refractivity contribution in [2.75, 3.05) is 6.54 Å². The quantitative estimate of drug-likeness (QED) is 0.796. The average molecular weight is 240 g/mol. The molecule has 0 spiro atoms. The summed E-state index contributed by atoms with van der Waals surface area (Å²) >= 11 is 0. The van der Waals surface area contributed by atoms with E-state index in [0.29, 0.717) is 0 Å². The Hall–Kier alpha value is -1.67. The molecule has 0 unspecified atom stereocenters. The second-order valence-corrected chi connectivity index (χ2v) is 4.59. The zero-order chi connectivity index (χ0) is 12.8. The van der Waals surface area contributed by atoms with Gasteiger partial charge in [-0.25, -0.2) is 0 Å². The first-order valence-electron chi connectivity index (χ1n) is 6.45. The van der Waals surface area contributed by atoms with Gasteiger partial charge in [-0.1, -0.05) is 31.2 Å². The summed E-state index contributed by atoms with van der Waals surface area (Å²) < 4.78 is 0. The molecule has 2 rings (SSSR count). The van der Waals surface area contributed by atoms with Gasteiger partial charge in [0.15, 0.2) is 0 Å². The lowest BCUT2D eigenvalue weighted by Gasteiger charge is -2.21. The average Bonchev–Trinajstić information content (AvgIpc) is 2.41. The number of benzene rings is 1. The smallest absolute Gasteiger partial charge is 0.0271 e. The van der Waals surface area contributed by atoms with Gasteiger partial charge in [-0.05, 0) is 42.3 Å². The van der Waals surface area contributed by atoms with E-state index in [1.165, 1.54) is 16.7 Å². The Morgan fingerprint density at radius 1 is 1.00 bits per heavy atom. The van der Waals surface area contributed by atoms with Crippen LogP contribution in [0.15, 0.2) is 48.8 Å². The van der Waals surface area contributed by atoms with Crippen molar-refractivity contribution in [1.82, 2.24) is 9.88 Å². The summed E-state index contributed by atoms with van der Waals surface area (Å²) in [7, 11) is 0. The molecule has 1 aromatic heterocycles. The first-order valence-corrected chi connectivity index (χ1v) is 6.45. The minimum absolute atomic E-state index is 0.980. The third kappa shape index (κ3) is 3.41. The summed E-state index contributed by atoms with van der Waals surface area (Å²) in [5, 5.41) is 0. The molecule has 0 N–H and O–H groups in total. The molecule has 1 aromatic carbocycles. The molecule has 0 amide bonds. The van der Waals surface area contributed by atoms with Gasteiger partial charge >= 0.3 is 0 Å². The van der Waals surface area contributed by atoms with Crippen LogP contribution in [-0.2, 0) is 13.1 Å². The van der Waals surface area contributed by atoms with Crippen LogP contribution >= 0.6 is 0 Å². The van der Waals surface area contributed by atoms with Crippen molar-refractivity contribution >= 4 is 0 Å². The molecule has 0 radical (unpaired) electrons. The molecule has 2 nitrogen and oxygen atoms in total. The summed E-state index contributed by atoms with van der Waals surface area (Å²) in [5.41, 5.74) is 4.10. The number of pyridine rings is 1. The van der Waals surface area contributed by atoms with E-state index in [0.717, 1.165) is 19.6 Å². The van der Waals surface area contributed by atoms with Crippen LogP contribution in [0.1, 0.15) is 23.6 Å². The second kappa shape index (κ2) is 6.31. The van der Waals surface area contributed by atoms with E-state index in [-0.39, 0.29) is 0 Å².